The highest BCUT2D eigenvalue weighted by Gasteiger charge is 2.30. The minimum absolute atomic E-state index is 0.00777. The molecule has 9 nitrogen and oxygen atoms in total. The number of benzene rings is 1. The molecule has 0 unspecified atom stereocenters. The molecule has 1 fully saturated rings. The topological polar surface area (TPSA) is 91.0 Å². The van der Waals surface area contributed by atoms with Gasteiger partial charge in [0, 0.05) is 19.1 Å². The molecule has 1 aromatic carbocycles. The minimum atomic E-state index is -2.83. The van der Waals surface area contributed by atoms with Crippen molar-refractivity contribution in [2.75, 3.05) is 13.1 Å². The number of hydrogen-bond acceptors (Lipinski definition) is 6. The Balaban J connectivity index is 1.51. The van der Waals surface area contributed by atoms with Crippen LogP contribution in [0.5, 0.6) is 0 Å². The second kappa shape index (κ2) is 8.71. The van der Waals surface area contributed by atoms with E-state index in [2.05, 4.69) is 19.9 Å². The second-order valence-electron chi connectivity index (χ2n) is 9.43. The van der Waals surface area contributed by atoms with Gasteiger partial charge in [0.1, 0.15) is 5.60 Å². The number of carbonyl (C=O) groups is 1. The van der Waals surface area contributed by atoms with Crippen molar-refractivity contribution < 1.29 is 18.3 Å². The van der Waals surface area contributed by atoms with E-state index in [-0.39, 0.29) is 23.2 Å². The number of likely N-dealkylation sites (tertiary alicyclic amines) is 1. The van der Waals surface area contributed by atoms with E-state index in [1.807, 2.05) is 25.3 Å². The van der Waals surface area contributed by atoms with Crippen LogP contribution in [-0.4, -0.2) is 58.8 Å². The number of nitrogens with zero attached hydrogens (tertiary/aromatic N) is 7. The zero-order chi connectivity index (χ0) is 24.9. The molecule has 0 atom stereocenters. The molecular weight excluding hydrogens is 480 g/mol. The van der Waals surface area contributed by atoms with E-state index < -0.39 is 17.9 Å². The van der Waals surface area contributed by atoms with Crippen molar-refractivity contribution >= 4 is 39.9 Å². The van der Waals surface area contributed by atoms with Crippen LogP contribution < -0.4 is 0 Å². The van der Waals surface area contributed by atoms with Gasteiger partial charge in [0.25, 0.3) is 6.43 Å². The van der Waals surface area contributed by atoms with E-state index in [4.69, 9.17) is 16.3 Å². The Morgan fingerprint density at radius 1 is 1.14 bits per heavy atom. The summed E-state index contributed by atoms with van der Waals surface area (Å²) >= 11 is 6.26. The monoisotopic (exact) mass is 503 g/mol. The maximum Gasteiger partial charge on any atom is 0.410 e. The van der Waals surface area contributed by atoms with Crippen LogP contribution in [0.15, 0.2) is 30.6 Å². The highest BCUT2D eigenvalue weighted by molar-refractivity contribution is 6.28. The standard InChI is InChI=1S/C23H24ClF2N7O2/c1-23(2,3)35-22(34)31-10-8-13(9-11-31)32-12-27-16-18(32)29-21(24)30-19(16)33-15-7-5-4-6-14(15)28-20(33)17(25)26/h4-7,12-13,17H,8-11H2,1-3H3. The predicted molar refractivity (Wildman–Crippen MR) is 126 cm³/mol. The highest BCUT2D eigenvalue weighted by Crippen LogP contribution is 2.33. The van der Waals surface area contributed by atoms with Crippen LogP contribution in [0.2, 0.25) is 5.28 Å². The summed E-state index contributed by atoms with van der Waals surface area (Å²) in [7, 11) is 0. The Morgan fingerprint density at radius 3 is 2.54 bits per heavy atom. The molecule has 5 rings (SSSR count). The molecule has 184 valence electrons. The molecule has 0 N–H and O–H groups in total. The number of carbonyl (C=O) groups excluding carboxylic acids is 1. The van der Waals surface area contributed by atoms with Crippen molar-refractivity contribution in [1.82, 2.24) is 34.0 Å². The molecule has 3 aromatic heterocycles. The molecule has 0 radical (unpaired) electrons. The highest BCUT2D eigenvalue weighted by atomic mass is 35.5. The number of aromatic nitrogens is 6. The first-order valence-corrected chi connectivity index (χ1v) is 11.6. The van der Waals surface area contributed by atoms with Crippen molar-refractivity contribution in [3.8, 4) is 5.82 Å². The summed E-state index contributed by atoms with van der Waals surface area (Å²) in [5, 5.41) is -0.0848. The number of alkyl halides is 2. The Labute approximate surface area is 204 Å². The number of piperidine rings is 1. The van der Waals surface area contributed by atoms with Gasteiger partial charge in [-0.25, -0.2) is 23.5 Å². The average molecular weight is 504 g/mol. The van der Waals surface area contributed by atoms with Crippen LogP contribution in [0.3, 0.4) is 0 Å². The third kappa shape index (κ3) is 4.40. The summed E-state index contributed by atoms with van der Waals surface area (Å²) in [6.07, 6.45) is -0.250. The third-order valence-corrected chi connectivity index (χ3v) is 6.05. The smallest absolute Gasteiger partial charge is 0.410 e. The Hall–Kier alpha value is -3.34. The summed E-state index contributed by atoms with van der Waals surface area (Å²) in [6, 6.07) is 6.82. The van der Waals surface area contributed by atoms with E-state index in [1.54, 1.807) is 35.5 Å². The number of imidazole rings is 2. The molecule has 1 aliphatic rings. The SMILES string of the molecule is CC(C)(C)OC(=O)N1CCC(n2cnc3c(-n4c(C(F)F)nc5ccccc54)nc(Cl)nc32)CC1. The van der Waals surface area contributed by atoms with Gasteiger partial charge in [-0.1, -0.05) is 12.1 Å². The maximum atomic E-state index is 13.9. The van der Waals surface area contributed by atoms with Gasteiger partial charge in [0.15, 0.2) is 22.8 Å². The lowest BCUT2D eigenvalue weighted by Crippen LogP contribution is -2.42. The molecule has 4 aromatic rings. The molecule has 0 saturated carbocycles. The molecule has 0 spiro atoms. The summed E-state index contributed by atoms with van der Waals surface area (Å²) in [4.78, 5) is 31.3. The predicted octanol–water partition coefficient (Wildman–Crippen LogP) is 5.33. The van der Waals surface area contributed by atoms with E-state index in [1.165, 1.54) is 4.57 Å². The second-order valence-corrected chi connectivity index (χ2v) is 9.77. The van der Waals surface area contributed by atoms with Crippen LogP contribution >= 0.6 is 11.6 Å². The zero-order valence-corrected chi connectivity index (χ0v) is 20.2. The van der Waals surface area contributed by atoms with Gasteiger partial charge in [-0.15, -0.1) is 0 Å². The number of fused-ring (bicyclic) bond motifs is 2. The molecule has 1 amide bonds. The molecule has 1 saturated heterocycles. The lowest BCUT2D eigenvalue weighted by Gasteiger charge is -2.33. The van der Waals surface area contributed by atoms with Gasteiger partial charge in [0.05, 0.1) is 17.4 Å². The maximum absolute atomic E-state index is 13.9. The van der Waals surface area contributed by atoms with Crippen molar-refractivity contribution in [2.24, 2.45) is 0 Å². The number of rotatable bonds is 3. The van der Waals surface area contributed by atoms with Crippen molar-refractivity contribution in [2.45, 2.75) is 51.7 Å². The summed E-state index contributed by atoms with van der Waals surface area (Å²) < 4.78 is 36.5. The number of para-hydroxylation sites is 2. The number of amides is 1. The fourth-order valence-electron chi connectivity index (χ4n) is 4.37. The normalized spacial score (nSPS) is 15.5. The molecule has 0 aliphatic carbocycles. The molecule has 0 bridgehead atoms. The lowest BCUT2D eigenvalue weighted by molar-refractivity contribution is 0.0189. The van der Waals surface area contributed by atoms with E-state index >= 15 is 0 Å². The summed E-state index contributed by atoms with van der Waals surface area (Å²) in [5.74, 6) is -0.295. The lowest BCUT2D eigenvalue weighted by atomic mass is 10.1. The molecule has 4 heterocycles. The number of ether oxygens (including phenoxy) is 1. The first-order valence-electron chi connectivity index (χ1n) is 11.3. The van der Waals surface area contributed by atoms with Crippen LogP contribution in [0.4, 0.5) is 13.6 Å². The first-order chi connectivity index (χ1) is 16.6. The number of halogens is 3. The number of hydrogen-bond donors (Lipinski definition) is 0. The Bertz CT molecular complexity index is 1400. The van der Waals surface area contributed by atoms with Crippen molar-refractivity contribution in [3.63, 3.8) is 0 Å². The fourth-order valence-corrected chi connectivity index (χ4v) is 4.53. The molecule has 1 aliphatic heterocycles. The third-order valence-electron chi connectivity index (χ3n) is 5.88. The Morgan fingerprint density at radius 2 is 1.86 bits per heavy atom. The average Bonchev–Trinajstić information content (AvgIpc) is 3.39. The first kappa shape index (κ1) is 23.4. The largest absolute Gasteiger partial charge is 0.444 e. The molecule has 12 heteroatoms. The van der Waals surface area contributed by atoms with Gasteiger partial charge in [-0.05, 0) is 57.3 Å². The van der Waals surface area contributed by atoms with E-state index in [0.29, 0.717) is 48.1 Å². The zero-order valence-electron chi connectivity index (χ0n) is 19.5. The van der Waals surface area contributed by atoms with Gasteiger partial charge in [-0.2, -0.15) is 9.97 Å². The van der Waals surface area contributed by atoms with E-state index in [0.717, 1.165) is 0 Å². The molecule has 35 heavy (non-hydrogen) atoms. The van der Waals surface area contributed by atoms with E-state index in [9.17, 15) is 13.6 Å². The quantitative estimate of drug-likeness (QED) is 0.351. The van der Waals surface area contributed by atoms with Gasteiger partial charge in [0.2, 0.25) is 5.28 Å². The van der Waals surface area contributed by atoms with Gasteiger partial charge < -0.3 is 14.2 Å². The summed E-state index contributed by atoms with van der Waals surface area (Å²) in [5.41, 5.74) is 1.11. The molecular formula is C23H24ClF2N7O2. The fraction of sp³-hybridized carbons (Fsp3) is 0.435. The summed E-state index contributed by atoms with van der Waals surface area (Å²) in [6.45, 7) is 6.51. The van der Waals surface area contributed by atoms with Crippen LogP contribution in [0.1, 0.15) is 51.9 Å². The van der Waals surface area contributed by atoms with Crippen LogP contribution in [0.25, 0.3) is 28.0 Å². The van der Waals surface area contributed by atoms with Crippen LogP contribution in [0, 0.1) is 0 Å². The van der Waals surface area contributed by atoms with Gasteiger partial charge in [-0.3, -0.25) is 4.57 Å². The van der Waals surface area contributed by atoms with Crippen molar-refractivity contribution in [1.29, 1.82) is 0 Å². The van der Waals surface area contributed by atoms with Crippen molar-refractivity contribution in [3.05, 3.63) is 41.7 Å². The Kier molecular flexibility index (Phi) is 5.82. The minimum Gasteiger partial charge on any atom is -0.444 e. The van der Waals surface area contributed by atoms with Crippen LogP contribution in [-0.2, 0) is 4.74 Å². The van der Waals surface area contributed by atoms with Gasteiger partial charge >= 0.3 is 6.09 Å².